The lowest BCUT2D eigenvalue weighted by Crippen LogP contribution is -2.24. The Bertz CT molecular complexity index is 587. The van der Waals surface area contributed by atoms with Gasteiger partial charge in [-0.1, -0.05) is 19.1 Å². The molecule has 3 nitrogen and oxygen atoms in total. The molecule has 0 fully saturated rings. The van der Waals surface area contributed by atoms with Crippen LogP contribution in [0.5, 0.6) is 5.75 Å². The van der Waals surface area contributed by atoms with Crippen molar-refractivity contribution < 1.29 is 9.15 Å². The monoisotopic (exact) mass is 271 g/mol. The molecule has 20 heavy (non-hydrogen) atoms. The van der Waals surface area contributed by atoms with Crippen molar-refractivity contribution in [2.24, 2.45) is 0 Å². The minimum atomic E-state index is -0.0930. The van der Waals surface area contributed by atoms with Crippen LogP contribution >= 0.6 is 0 Å². The highest BCUT2D eigenvalue weighted by Gasteiger charge is 2.30. The van der Waals surface area contributed by atoms with E-state index in [0.29, 0.717) is 0 Å². The fraction of sp³-hybridized carbons (Fsp3) is 0.412. The topological polar surface area (TPSA) is 34.4 Å². The van der Waals surface area contributed by atoms with Gasteiger partial charge < -0.3 is 14.5 Å². The van der Waals surface area contributed by atoms with Crippen molar-refractivity contribution in [1.82, 2.24) is 5.32 Å². The summed E-state index contributed by atoms with van der Waals surface area (Å²) in [5.41, 5.74) is 3.61. The predicted molar refractivity (Wildman–Crippen MR) is 79.1 cm³/mol. The van der Waals surface area contributed by atoms with Crippen LogP contribution < -0.4 is 10.1 Å². The summed E-state index contributed by atoms with van der Waals surface area (Å²) in [7, 11) is 0. The quantitative estimate of drug-likeness (QED) is 0.921. The van der Waals surface area contributed by atoms with Gasteiger partial charge in [0.15, 0.2) is 0 Å². The zero-order valence-corrected chi connectivity index (χ0v) is 12.3. The highest BCUT2D eigenvalue weighted by Crippen LogP contribution is 2.37. The van der Waals surface area contributed by atoms with Gasteiger partial charge in [-0.05, 0) is 43.7 Å². The van der Waals surface area contributed by atoms with Crippen LogP contribution in [-0.2, 0) is 6.42 Å². The van der Waals surface area contributed by atoms with Crippen LogP contribution in [0.15, 0.2) is 41.2 Å². The Balaban J connectivity index is 1.94. The van der Waals surface area contributed by atoms with Gasteiger partial charge in [-0.25, -0.2) is 0 Å². The second-order valence-corrected chi connectivity index (χ2v) is 5.95. The average molecular weight is 271 g/mol. The molecule has 1 aliphatic rings. The Morgan fingerprint density at radius 2 is 2.10 bits per heavy atom. The molecule has 0 amide bonds. The number of fused-ring (bicyclic) bond motifs is 1. The summed E-state index contributed by atoms with van der Waals surface area (Å²) >= 11 is 0. The van der Waals surface area contributed by atoms with Gasteiger partial charge in [-0.2, -0.15) is 0 Å². The SMILES string of the molecule is CCNC(c1ccoc1)c1ccc2c(c1)CC(C)(C)O2. The maximum Gasteiger partial charge on any atom is 0.123 e. The number of nitrogens with one attached hydrogen (secondary N) is 1. The Hall–Kier alpha value is -1.74. The number of furan rings is 1. The van der Waals surface area contributed by atoms with Gasteiger partial charge in [-0.3, -0.25) is 0 Å². The second kappa shape index (κ2) is 4.98. The van der Waals surface area contributed by atoms with Crippen LogP contribution in [0.2, 0.25) is 0 Å². The molecule has 3 rings (SSSR count). The van der Waals surface area contributed by atoms with E-state index in [4.69, 9.17) is 9.15 Å². The third kappa shape index (κ3) is 2.46. The van der Waals surface area contributed by atoms with Gasteiger partial charge in [0, 0.05) is 12.0 Å². The van der Waals surface area contributed by atoms with Crippen molar-refractivity contribution in [3.8, 4) is 5.75 Å². The fourth-order valence-electron chi connectivity index (χ4n) is 2.88. The molecule has 1 unspecified atom stereocenters. The van der Waals surface area contributed by atoms with Crippen LogP contribution in [0.25, 0.3) is 0 Å². The second-order valence-electron chi connectivity index (χ2n) is 5.95. The molecule has 2 aromatic rings. The molecular weight excluding hydrogens is 250 g/mol. The molecule has 1 atom stereocenters. The maximum atomic E-state index is 5.94. The first-order chi connectivity index (χ1) is 9.59. The highest BCUT2D eigenvalue weighted by atomic mass is 16.5. The van der Waals surface area contributed by atoms with E-state index in [1.807, 2.05) is 6.07 Å². The zero-order valence-electron chi connectivity index (χ0n) is 12.3. The highest BCUT2D eigenvalue weighted by molar-refractivity contribution is 5.44. The summed E-state index contributed by atoms with van der Waals surface area (Å²) in [5, 5.41) is 3.51. The first-order valence-electron chi connectivity index (χ1n) is 7.16. The lowest BCUT2D eigenvalue weighted by atomic mass is 9.95. The first kappa shape index (κ1) is 13.3. The van der Waals surface area contributed by atoms with Crippen LogP contribution in [0.4, 0.5) is 0 Å². The van der Waals surface area contributed by atoms with Crippen molar-refractivity contribution in [2.75, 3.05) is 6.54 Å². The first-order valence-corrected chi connectivity index (χ1v) is 7.16. The molecule has 0 spiro atoms. The summed E-state index contributed by atoms with van der Waals surface area (Å²) in [4.78, 5) is 0. The molecular formula is C17H21NO2. The van der Waals surface area contributed by atoms with E-state index in [1.54, 1.807) is 12.5 Å². The van der Waals surface area contributed by atoms with Crippen LogP contribution in [0.3, 0.4) is 0 Å². The summed E-state index contributed by atoms with van der Waals surface area (Å²) in [5.74, 6) is 1.01. The Kier molecular flexibility index (Phi) is 3.30. The summed E-state index contributed by atoms with van der Waals surface area (Å²) < 4.78 is 11.2. The van der Waals surface area contributed by atoms with Crippen molar-refractivity contribution in [1.29, 1.82) is 0 Å². The molecule has 3 heteroatoms. The molecule has 106 valence electrons. The van der Waals surface area contributed by atoms with Crippen molar-refractivity contribution in [3.05, 3.63) is 53.5 Å². The molecule has 0 radical (unpaired) electrons. The van der Waals surface area contributed by atoms with Gasteiger partial charge >= 0.3 is 0 Å². The largest absolute Gasteiger partial charge is 0.487 e. The van der Waals surface area contributed by atoms with E-state index in [2.05, 4.69) is 44.3 Å². The summed E-state index contributed by atoms with van der Waals surface area (Å²) in [6.45, 7) is 7.29. The normalized spacial score (nSPS) is 17.6. The predicted octanol–water partition coefficient (Wildman–Crippen LogP) is 3.69. The summed E-state index contributed by atoms with van der Waals surface area (Å²) in [6.07, 6.45) is 4.49. The average Bonchev–Trinajstić information content (AvgIpc) is 3.00. The fourth-order valence-corrected chi connectivity index (χ4v) is 2.88. The maximum absolute atomic E-state index is 5.94. The van der Waals surface area contributed by atoms with Gasteiger partial charge in [-0.15, -0.1) is 0 Å². The summed E-state index contributed by atoms with van der Waals surface area (Å²) in [6, 6.07) is 8.67. The third-order valence-electron chi connectivity index (χ3n) is 3.71. The smallest absolute Gasteiger partial charge is 0.123 e. The van der Waals surface area contributed by atoms with Crippen LogP contribution in [0, 0.1) is 0 Å². The van der Waals surface area contributed by atoms with Gasteiger partial charge in [0.1, 0.15) is 11.4 Å². The van der Waals surface area contributed by atoms with E-state index in [0.717, 1.165) is 24.3 Å². The Labute approximate surface area is 119 Å². The molecule has 1 N–H and O–H groups in total. The standard InChI is InChI=1S/C17H21NO2/c1-4-18-16(13-7-8-19-11-13)12-5-6-15-14(9-12)10-17(2,3)20-15/h5-9,11,16,18H,4,10H2,1-3H3. The number of benzene rings is 1. The molecule has 0 saturated carbocycles. The van der Waals surface area contributed by atoms with Gasteiger partial charge in [0.05, 0.1) is 18.6 Å². The van der Waals surface area contributed by atoms with Crippen molar-refractivity contribution in [3.63, 3.8) is 0 Å². The third-order valence-corrected chi connectivity index (χ3v) is 3.71. The van der Waals surface area contributed by atoms with Gasteiger partial charge in [0.2, 0.25) is 0 Å². The van der Waals surface area contributed by atoms with Crippen LogP contribution in [0.1, 0.15) is 43.5 Å². The molecule has 1 aromatic carbocycles. The number of rotatable bonds is 4. The van der Waals surface area contributed by atoms with E-state index < -0.39 is 0 Å². The molecule has 0 bridgehead atoms. The number of ether oxygens (including phenoxy) is 1. The Morgan fingerprint density at radius 3 is 2.80 bits per heavy atom. The van der Waals surface area contributed by atoms with E-state index in [9.17, 15) is 0 Å². The lowest BCUT2D eigenvalue weighted by molar-refractivity contribution is 0.138. The Morgan fingerprint density at radius 1 is 1.25 bits per heavy atom. The number of hydrogen-bond donors (Lipinski definition) is 1. The van der Waals surface area contributed by atoms with Crippen molar-refractivity contribution >= 4 is 0 Å². The number of hydrogen-bond acceptors (Lipinski definition) is 3. The zero-order chi connectivity index (χ0) is 14.2. The van der Waals surface area contributed by atoms with E-state index in [-0.39, 0.29) is 11.6 Å². The van der Waals surface area contributed by atoms with Gasteiger partial charge in [0.25, 0.3) is 0 Å². The molecule has 2 heterocycles. The molecule has 0 aliphatic carbocycles. The molecule has 1 aliphatic heterocycles. The molecule has 0 saturated heterocycles. The molecule has 1 aromatic heterocycles. The minimum absolute atomic E-state index is 0.0930. The van der Waals surface area contributed by atoms with Crippen molar-refractivity contribution in [2.45, 2.75) is 38.8 Å². The lowest BCUT2D eigenvalue weighted by Gasteiger charge is -2.17. The van der Waals surface area contributed by atoms with Crippen LogP contribution in [-0.4, -0.2) is 12.1 Å². The van der Waals surface area contributed by atoms with E-state index in [1.165, 1.54) is 11.1 Å². The van der Waals surface area contributed by atoms with E-state index >= 15 is 0 Å². The minimum Gasteiger partial charge on any atom is -0.487 e.